The van der Waals surface area contributed by atoms with Crippen molar-refractivity contribution >= 4 is 12.0 Å². The van der Waals surface area contributed by atoms with Gasteiger partial charge in [0, 0.05) is 32.5 Å². The van der Waals surface area contributed by atoms with Gasteiger partial charge in [0.05, 0.1) is 12.5 Å². The van der Waals surface area contributed by atoms with Gasteiger partial charge in [-0.3, -0.25) is 4.79 Å². The van der Waals surface area contributed by atoms with E-state index >= 15 is 0 Å². The number of carboxylic acids is 1. The van der Waals surface area contributed by atoms with Crippen molar-refractivity contribution in [3.8, 4) is 0 Å². The second-order valence-electron chi connectivity index (χ2n) is 6.83. The summed E-state index contributed by atoms with van der Waals surface area (Å²) >= 11 is 0. The number of carbonyl (C=O) groups is 2. The van der Waals surface area contributed by atoms with Crippen molar-refractivity contribution in [2.24, 2.45) is 5.92 Å². The number of piperidine rings is 1. The third kappa shape index (κ3) is 3.95. The van der Waals surface area contributed by atoms with Gasteiger partial charge in [-0.05, 0) is 25.7 Å². The molecule has 1 saturated carbocycles. The third-order valence-corrected chi connectivity index (χ3v) is 5.07. The SMILES string of the molecule is O=C(O)C1CCCN(C(=O)NCC2COC3(CCCCC3)O2)C1. The van der Waals surface area contributed by atoms with Crippen LogP contribution in [0.4, 0.5) is 4.79 Å². The van der Waals surface area contributed by atoms with Crippen LogP contribution in [0, 0.1) is 5.92 Å². The van der Waals surface area contributed by atoms with E-state index in [4.69, 9.17) is 14.6 Å². The van der Waals surface area contributed by atoms with E-state index in [9.17, 15) is 9.59 Å². The molecule has 1 spiro atoms. The van der Waals surface area contributed by atoms with Gasteiger partial charge in [-0.15, -0.1) is 0 Å². The lowest BCUT2D eigenvalue weighted by Gasteiger charge is -2.32. The highest BCUT2D eigenvalue weighted by Crippen LogP contribution is 2.37. The molecule has 2 atom stereocenters. The summed E-state index contributed by atoms with van der Waals surface area (Å²) in [5, 5.41) is 12.0. The molecule has 2 N–H and O–H groups in total. The summed E-state index contributed by atoms with van der Waals surface area (Å²) in [7, 11) is 0. The molecule has 0 bridgehead atoms. The number of hydrogen-bond donors (Lipinski definition) is 2. The molecule has 3 fully saturated rings. The minimum atomic E-state index is -0.825. The van der Waals surface area contributed by atoms with E-state index in [1.165, 1.54) is 6.42 Å². The molecule has 0 aromatic carbocycles. The molecule has 2 heterocycles. The highest BCUT2D eigenvalue weighted by molar-refractivity contribution is 5.76. The van der Waals surface area contributed by atoms with Crippen molar-refractivity contribution in [3.63, 3.8) is 0 Å². The van der Waals surface area contributed by atoms with Gasteiger partial charge in [0.1, 0.15) is 6.10 Å². The minimum absolute atomic E-state index is 0.114. The van der Waals surface area contributed by atoms with E-state index in [1.807, 2.05) is 0 Å². The third-order valence-electron chi connectivity index (χ3n) is 5.07. The van der Waals surface area contributed by atoms with Crippen molar-refractivity contribution in [1.82, 2.24) is 10.2 Å². The molecule has 0 radical (unpaired) electrons. The van der Waals surface area contributed by atoms with E-state index in [0.717, 1.165) is 32.1 Å². The Morgan fingerprint density at radius 1 is 1.22 bits per heavy atom. The second-order valence-corrected chi connectivity index (χ2v) is 6.83. The summed E-state index contributed by atoms with van der Waals surface area (Å²) in [5.74, 6) is -1.70. The van der Waals surface area contributed by atoms with Gasteiger partial charge >= 0.3 is 12.0 Å². The molecule has 130 valence electrons. The maximum atomic E-state index is 12.2. The van der Waals surface area contributed by atoms with Gasteiger partial charge in [-0.1, -0.05) is 6.42 Å². The summed E-state index contributed by atoms with van der Waals surface area (Å²) in [6, 6.07) is -0.204. The first kappa shape index (κ1) is 16.5. The first-order chi connectivity index (χ1) is 11.1. The van der Waals surface area contributed by atoms with Gasteiger partial charge < -0.3 is 24.8 Å². The van der Waals surface area contributed by atoms with Crippen LogP contribution in [0.15, 0.2) is 0 Å². The van der Waals surface area contributed by atoms with Crippen LogP contribution in [0.25, 0.3) is 0 Å². The maximum absolute atomic E-state index is 12.2. The first-order valence-electron chi connectivity index (χ1n) is 8.65. The maximum Gasteiger partial charge on any atom is 0.317 e. The zero-order valence-corrected chi connectivity index (χ0v) is 13.5. The molecule has 7 heteroatoms. The smallest absolute Gasteiger partial charge is 0.317 e. The Balaban J connectivity index is 1.43. The number of rotatable bonds is 3. The topological polar surface area (TPSA) is 88.1 Å². The van der Waals surface area contributed by atoms with Crippen LogP contribution in [-0.2, 0) is 14.3 Å². The van der Waals surface area contributed by atoms with Crippen molar-refractivity contribution in [1.29, 1.82) is 0 Å². The first-order valence-corrected chi connectivity index (χ1v) is 8.65. The molecule has 0 aromatic heterocycles. The van der Waals surface area contributed by atoms with Gasteiger partial charge in [0.25, 0.3) is 0 Å². The Morgan fingerprint density at radius 3 is 2.74 bits per heavy atom. The van der Waals surface area contributed by atoms with Gasteiger partial charge in [0.15, 0.2) is 5.79 Å². The normalized spacial score (nSPS) is 30.3. The molecule has 23 heavy (non-hydrogen) atoms. The average molecular weight is 326 g/mol. The van der Waals surface area contributed by atoms with Crippen LogP contribution >= 0.6 is 0 Å². The van der Waals surface area contributed by atoms with E-state index in [0.29, 0.717) is 26.1 Å². The lowest BCUT2D eigenvalue weighted by atomic mass is 9.94. The number of carboxylic acid groups (broad SMARTS) is 1. The largest absolute Gasteiger partial charge is 0.481 e. The summed E-state index contributed by atoms with van der Waals surface area (Å²) in [6.07, 6.45) is 6.62. The lowest BCUT2D eigenvalue weighted by Crippen LogP contribution is -2.48. The molecular weight excluding hydrogens is 300 g/mol. The second kappa shape index (κ2) is 7.05. The summed E-state index contributed by atoms with van der Waals surface area (Å²) < 4.78 is 11.9. The highest BCUT2D eigenvalue weighted by atomic mass is 16.7. The predicted molar refractivity (Wildman–Crippen MR) is 82.0 cm³/mol. The Hall–Kier alpha value is -1.34. The number of nitrogens with zero attached hydrogens (tertiary/aromatic N) is 1. The average Bonchev–Trinajstić information content (AvgIpc) is 2.96. The summed E-state index contributed by atoms with van der Waals surface area (Å²) in [6.45, 7) is 1.82. The fourth-order valence-electron chi connectivity index (χ4n) is 3.75. The van der Waals surface area contributed by atoms with E-state index < -0.39 is 17.7 Å². The Labute approximate surface area is 136 Å². The number of nitrogens with one attached hydrogen (secondary N) is 1. The fraction of sp³-hybridized carbons (Fsp3) is 0.875. The lowest BCUT2D eigenvalue weighted by molar-refractivity contribution is -0.186. The predicted octanol–water partition coefficient (Wildman–Crippen LogP) is 1.57. The van der Waals surface area contributed by atoms with Crippen LogP contribution < -0.4 is 5.32 Å². The molecule has 2 aliphatic heterocycles. The fourth-order valence-corrected chi connectivity index (χ4v) is 3.75. The molecular formula is C16H26N2O5. The van der Waals surface area contributed by atoms with Crippen LogP contribution in [0.3, 0.4) is 0 Å². The quantitative estimate of drug-likeness (QED) is 0.822. The number of hydrogen-bond acceptors (Lipinski definition) is 4. The van der Waals surface area contributed by atoms with Gasteiger partial charge in [-0.25, -0.2) is 4.79 Å². The van der Waals surface area contributed by atoms with Crippen LogP contribution in [0.2, 0.25) is 0 Å². The molecule has 2 unspecified atom stereocenters. The molecule has 7 nitrogen and oxygen atoms in total. The van der Waals surface area contributed by atoms with Crippen molar-refractivity contribution < 1.29 is 24.2 Å². The van der Waals surface area contributed by atoms with E-state index in [2.05, 4.69) is 5.32 Å². The van der Waals surface area contributed by atoms with Crippen LogP contribution in [-0.4, -0.2) is 60.1 Å². The molecule has 3 rings (SSSR count). The zero-order valence-electron chi connectivity index (χ0n) is 13.5. The molecule has 2 saturated heterocycles. The van der Waals surface area contributed by atoms with Crippen LogP contribution in [0.5, 0.6) is 0 Å². The number of likely N-dealkylation sites (tertiary alicyclic amines) is 1. The minimum Gasteiger partial charge on any atom is -0.481 e. The van der Waals surface area contributed by atoms with Crippen LogP contribution in [0.1, 0.15) is 44.9 Å². The summed E-state index contributed by atoms with van der Waals surface area (Å²) in [5.41, 5.74) is 0. The number of amides is 2. The van der Waals surface area contributed by atoms with E-state index in [1.54, 1.807) is 4.90 Å². The summed E-state index contributed by atoms with van der Waals surface area (Å²) in [4.78, 5) is 24.9. The van der Waals surface area contributed by atoms with Gasteiger partial charge in [-0.2, -0.15) is 0 Å². The Morgan fingerprint density at radius 2 is 2.00 bits per heavy atom. The monoisotopic (exact) mass is 326 g/mol. The van der Waals surface area contributed by atoms with Crippen molar-refractivity contribution in [2.45, 2.75) is 56.8 Å². The van der Waals surface area contributed by atoms with E-state index in [-0.39, 0.29) is 18.7 Å². The Bertz CT molecular complexity index is 450. The molecule has 2 amide bonds. The van der Waals surface area contributed by atoms with Crippen molar-refractivity contribution in [3.05, 3.63) is 0 Å². The number of carbonyl (C=O) groups excluding carboxylic acids is 1. The Kier molecular flexibility index (Phi) is 5.06. The van der Waals surface area contributed by atoms with Gasteiger partial charge in [0.2, 0.25) is 0 Å². The zero-order chi connectivity index (χ0) is 16.3. The molecule has 3 aliphatic rings. The highest BCUT2D eigenvalue weighted by Gasteiger charge is 2.42. The van der Waals surface area contributed by atoms with Crippen molar-refractivity contribution in [2.75, 3.05) is 26.2 Å². The molecule has 0 aromatic rings. The number of ether oxygens (including phenoxy) is 2. The number of aliphatic carboxylic acids is 1. The number of urea groups is 1. The standard InChI is InChI=1S/C16H26N2O5/c19-14(20)12-5-4-8-18(10-12)15(21)17-9-13-11-22-16(23-13)6-2-1-3-7-16/h12-13H,1-11H2,(H,17,21)(H,19,20). The molecule has 1 aliphatic carbocycles.